The molecule has 2 aliphatic heterocycles. The van der Waals surface area contributed by atoms with Gasteiger partial charge in [0.1, 0.15) is 48.8 Å². The van der Waals surface area contributed by atoms with Crippen LogP contribution >= 0.6 is 0 Å². The van der Waals surface area contributed by atoms with Crippen LogP contribution in [0, 0.1) is 0 Å². The minimum atomic E-state index is -1.80. The number of amides is 1. The molecule has 9 N–H and O–H groups in total. The molecule has 0 aromatic carbocycles. The lowest BCUT2D eigenvalue weighted by molar-refractivity contribution is -0.359. The monoisotopic (exact) mass is 1300 g/mol. The van der Waals surface area contributed by atoms with Crippen LogP contribution in [0.1, 0.15) is 296 Å². The lowest BCUT2D eigenvalue weighted by atomic mass is 9.97. The lowest BCUT2D eigenvalue weighted by Crippen LogP contribution is -2.65. The number of unbranched alkanes of at least 4 members (excludes halogenated alkanes) is 34. The number of aliphatic hydroxyl groups is 8. The van der Waals surface area contributed by atoms with Crippen LogP contribution in [-0.4, -0.2) is 140 Å². The van der Waals surface area contributed by atoms with Gasteiger partial charge in [0.05, 0.1) is 32.0 Å². The van der Waals surface area contributed by atoms with E-state index in [1.807, 2.05) is 6.08 Å². The van der Waals surface area contributed by atoms with Gasteiger partial charge in [-0.25, -0.2) is 0 Å². The van der Waals surface area contributed by atoms with Crippen LogP contribution < -0.4 is 5.32 Å². The molecule has 0 radical (unpaired) electrons. The zero-order chi connectivity index (χ0) is 66.6. The van der Waals surface area contributed by atoms with E-state index < -0.39 is 86.8 Å². The molecule has 12 atom stereocenters. The number of carbonyl (C=O) groups is 1. The molecule has 1 amide bonds. The van der Waals surface area contributed by atoms with E-state index in [-0.39, 0.29) is 18.9 Å². The van der Waals surface area contributed by atoms with E-state index in [1.54, 1.807) is 6.08 Å². The fourth-order valence-electron chi connectivity index (χ4n) is 11.8. The molecular formula is C78H137NO13. The molecule has 14 heteroatoms. The van der Waals surface area contributed by atoms with Crippen molar-refractivity contribution >= 4 is 5.91 Å². The maximum Gasteiger partial charge on any atom is 0.220 e. The molecule has 0 aliphatic carbocycles. The van der Waals surface area contributed by atoms with E-state index in [1.165, 1.54) is 193 Å². The fraction of sp³-hybridized carbons (Fsp3) is 0.782. The molecule has 0 bridgehead atoms. The van der Waals surface area contributed by atoms with Gasteiger partial charge in [0.25, 0.3) is 0 Å². The first-order chi connectivity index (χ1) is 45.1. The van der Waals surface area contributed by atoms with Crippen LogP contribution in [0.15, 0.2) is 97.2 Å². The molecule has 2 heterocycles. The second kappa shape index (κ2) is 61.5. The van der Waals surface area contributed by atoms with E-state index in [9.17, 15) is 45.6 Å². The molecule has 12 unspecified atom stereocenters. The van der Waals surface area contributed by atoms with Crippen molar-refractivity contribution < 1.29 is 64.6 Å². The van der Waals surface area contributed by atoms with E-state index in [2.05, 4.69) is 104 Å². The minimum Gasteiger partial charge on any atom is -0.394 e. The molecular weight excluding hydrogens is 1160 g/mol. The van der Waals surface area contributed by atoms with E-state index in [0.717, 1.165) is 70.6 Å². The van der Waals surface area contributed by atoms with Crippen molar-refractivity contribution in [3.05, 3.63) is 97.2 Å². The third-order valence-corrected chi connectivity index (χ3v) is 17.8. The Morgan fingerprint density at radius 1 is 0.402 bits per heavy atom. The summed E-state index contributed by atoms with van der Waals surface area (Å²) in [5, 5.41) is 87.5. The Hall–Kier alpha value is -3.09. The Morgan fingerprint density at radius 2 is 0.761 bits per heavy atom. The average molecular weight is 1300 g/mol. The third-order valence-electron chi connectivity index (χ3n) is 17.8. The van der Waals surface area contributed by atoms with Crippen molar-refractivity contribution in [2.24, 2.45) is 0 Å². The van der Waals surface area contributed by atoms with Gasteiger partial charge in [0, 0.05) is 6.42 Å². The van der Waals surface area contributed by atoms with Crippen LogP contribution in [0.4, 0.5) is 0 Å². The van der Waals surface area contributed by atoms with Crippen LogP contribution in [0.5, 0.6) is 0 Å². The summed E-state index contributed by atoms with van der Waals surface area (Å²) in [7, 11) is 0. The summed E-state index contributed by atoms with van der Waals surface area (Å²) >= 11 is 0. The van der Waals surface area contributed by atoms with Gasteiger partial charge >= 0.3 is 0 Å². The highest BCUT2D eigenvalue weighted by molar-refractivity contribution is 5.76. The molecule has 2 aliphatic rings. The molecule has 0 saturated carbocycles. The van der Waals surface area contributed by atoms with E-state index >= 15 is 0 Å². The quantitative estimate of drug-likeness (QED) is 0.0204. The number of hydrogen-bond donors (Lipinski definition) is 9. The molecule has 0 spiro atoms. The fourth-order valence-corrected chi connectivity index (χ4v) is 11.8. The number of hydrogen-bond acceptors (Lipinski definition) is 13. The average Bonchev–Trinajstić information content (AvgIpc) is 0.829. The molecule has 2 rings (SSSR count). The van der Waals surface area contributed by atoms with Crippen molar-refractivity contribution in [2.75, 3.05) is 19.8 Å². The lowest BCUT2D eigenvalue weighted by Gasteiger charge is -2.46. The maximum absolute atomic E-state index is 13.4. The second-order valence-electron chi connectivity index (χ2n) is 26.0. The van der Waals surface area contributed by atoms with Crippen molar-refractivity contribution in [3.63, 3.8) is 0 Å². The number of allylic oxidation sites excluding steroid dienone is 15. The number of aliphatic hydroxyl groups excluding tert-OH is 8. The SMILES string of the molecule is CC/C=C\C/C=C\C/C=C\C/C=C\C/C=C\C/C=C\CCCCCCCCCCCCCCCCC(=O)NC(COC1OC(CO)C(OC2OC(CO)C(O)C(O)C2O)C(O)C1O)C(O)/C=C/CC/C=C/CCCCCCCCCCCCCCCCCCCCC. The van der Waals surface area contributed by atoms with Gasteiger partial charge in [-0.2, -0.15) is 0 Å². The molecule has 0 aromatic rings. The summed E-state index contributed by atoms with van der Waals surface area (Å²) in [5.41, 5.74) is 0. The van der Waals surface area contributed by atoms with Crippen LogP contribution in [-0.2, 0) is 23.7 Å². The number of rotatable bonds is 61. The molecule has 92 heavy (non-hydrogen) atoms. The molecule has 2 saturated heterocycles. The summed E-state index contributed by atoms with van der Waals surface area (Å²) < 4.78 is 22.9. The zero-order valence-corrected chi connectivity index (χ0v) is 58.0. The van der Waals surface area contributed by atoms with Crippen LogP contribution in [0.3, 0.4) is 0 Å². The van der Waals surface area contributed by atoms with Crippen molar-refractivity contribution in [3.8, 4) is 0 Å². The highest BCUT2D eigenvalue weighted by atomic mass is 16.7. The van der Waals surface area contributed by atoms with Gasteiger partial charge in [-0.05, 0) is 83.5 Å². The first-order valence-corrected chi connectivity index (χ1v) is 37.5. The summed E-state index contributed by atoms with van der Waals surface area (Å²) in [6.07, 6.45) is 70.4. The Morgan fingerprint density at radius 3 is 1.20 bits per heavy atom. The van der Waals surface area contributed by atoms with Gasteiger partial charge in [0.15, 0.2) is 12.6 Å². The third kappa shape index (κ3) is 44.6. The minimum absolute atomic E-state index is 0.250. The maximum atomic E-state index is 13.4. The number of nitrogens with one attached hydrogen (secondary N) is 1. The Balaban J connectivity index is 1.66. The van der Waals surface area contributed by atoms with Gasteiger partial charge in [-0.3, -0.25) is 4.79 Å². The second-order valence-corrected chi connectivity index (χ2v) is 26.0. The first-order valence-electron chi connectivity index (χ1n) is 37.5. The van der Waals surface area contributed by atoms with Crippen molar-refractivity contribution in [2.45, 2.75) is 370 Å². The molecule has 2 fully saturated rings. The van der Waals surface area contributed by atoms with Crippen LogP contribution in [0.25, 0.3) is 0 Å². The highest BCUT2D eigenvalue weighted by Gasteiger charge is 2.51. The smallest absolute Gasteiger partial charge is 0.220 e. The molecule has 532 valence electrons. The van der Waals surface area contributed by atoms with Gasteiger partial charge in [0.2, 0.25) is 5.91 Å². The summed E-state index contributed by atoms with van der Waals surface area (Å²) in [5.74, 6) is -0.250. The number of ether oxygens (including phenoxy) is 4. The van der Waals surface area contributed by atoms with Crippen molar-refractivity contribution in [1.82, 2.24) is 5.32 Å². The highest BCUT2D eigenvalue weighted by Crippen LogP contribution is 2.30. The zero-order valence-electron chi connectivity index (χ0n) is 58.0. The topological polar surface area (TPSA) is 228 Å². The van der Waals surface area contributed by atoms with Gasteiger partial charge < -0.3 is 65.1 Å². The van der Waals surface area contributed by atoms with Gasteiger partial charge in [-0.15, -0.1) is 0 Å². The van der Waals surface area contributed by atoms with Gasteiger partial charge in [-0.1, -0.05) is 304 Å². The predicted molar refractivity (Wildman–Crippen MR) is 378 cm³/mol. The summed E-state index contributed by atoms with van der Waals surface area (Å²) in [6.45, 7) is 2.70. The Bertz CT molecular complexity index is 1920. The molecule has 14 nitrogen and oxygen atoms in total. The number of carbonyl (C=O) groups excluding carboxylic acids is 1. The predicted octanol–water partition coefficient (Wildman–Crippen LogP) is 16.1. The van der Waals surface area contributed by atoms with E-state index in [4.69, 9.17) is 18.9 Å². The molecule has 0 aromatic heterocycles. The Kier molecular flexibility index (Phi) is 56.8. The van der Waals surface area contributed by atoms with Crippen molar-refractivity contribution in [1.29, 1.82) is 0 Å². The summed E-state index contributed by atoms with van der Waals surface area (Å²) in [4.78, 5) is 13.4. The first kappa shape index (κ1) is 85.0. The standard InChI is InChI=1S/C78H137NO13/c1-3-5-7-9-11-13-15-17-19-21-23-25-27-29-30-31-32-33-34-35-36-38-40-42-44-46-48-50-52-54-56-58-60-62-70(83)79-66(65-89-77-75(88)73(86)76(69(64-81)91-77)92-78-74(87)72(85)71(84)68(63-80)90-78)67(82)61-59-57-55-53-51-49-47-45-43-41-39-37-28-26-24-22-20-18-16-14-12-10-8-6-4-2/h5,7,11,13,17,19,23,25,29-30,32-33,51,53,59,61,66-69,71-78,80-82,84-88H,3-4,6,8-10,12,14-16,18,20-22,24,26-28,31,34-50,52,54-58,60,62-65H2,1-2H3,(H,79,83)/b7-5-,13-11-,19-17-,25-23-,30-29-,33-32-,53-51+,61-59+. The normalized spacial score (nSPS) is 23.2. The largest absolute Gasteiger partial charge is 0.394 e. The van der Waals surface area contributed by atoms with Crippen LogP contribution in [0.2, 0.25) is 0 Å². The van der Waals surface area contributed by atoms with E-state index in [0.29, 0.717) is 12.8 Å². The Labute approximate surface area is 560 Å². The summed E-state index contributed by atoms with van der Waals surface area (Å²) in [6, 6.07) is -0.939.